The third kappa shape index (κ3) is 5.67. The first-order valence-electron chi connectivity index (χ1n) is 8.57. The van der Waals surface area contributed by atoms with Gasteiger partial charge in [0.1, 0.15) is 5.60 Å². The number of ether oxygens (including phenoxy) is 1. The van der Waals surface area contributed by atoms with Crippen molar-refractivity contribution in [3.63, 3.8) is 0 Å². The lowest BCUT2D eigenvalue weighted by Gasteiger charge is -2.35. The SMILES string of the molecule is CN(CC(=O)c1ccc[nH]1)C[C@@H]1CCCN(C(=O)OC(C)(C)C)C1. The van der Waals surface area contributed by atoms with Crippen LogP contribution < -0.4 is 0 Å². The molecule has 1 amide bonds. The zero-order valence-corrected chi connectivity index (χ0v) is 15.2. The normalized spacial score (nSPS) is 18.7. The highest BCUT2D eigenvalue weighted by Gasteiger charge is 2.28. The van der Waals surface area contributed by atoms with Crippen molar-refractivity contribution in [2.24, 2.45) is 5.92 Å². The highest BCUT2D eigenvalue weighted by molar-refractivity contribution is 5.95. The van der Waals surface area contributed by atoms with Gasteiger partial charge in [-0.1, -0.05) is 0 Å². The number of piperidine rings is 1. The van der Waals surface area contributed by atoms with Gasteiger partial charge in [-0.15, -0.1) is 0 Å². The van der Waals surface area contributed by atoms with E-state index in [9.17, 15) is 9.59 Å². The fraction of sp³-hybridized carbons (Fsp3) is 0.667. The third-order valence-corrected chi connectivity index (χ3v) is 4.05. The van der Waals surface area contributed by atoms with Crippen LogP contribution in [-0.2, 0) is 4.74 Å². The monoisotopic (exact) mass is 335 g/mol. The summed E-state index contributed by atoms with van der Waals surface area (Å²) in [5.74, 6) is 0.454. The minimum Gasteiger partial charge on any atom is -0.444 e. The molecule has 24 heavy (non-hydrogen) atoms. The van der Waals surface area contributed by atoms with E-state index in [1.807, 2.05) is 38.8 Å². The second-order valence-corrected chi connectivity index (χ2v) is 7.64. The first-order chi connectivity index (χ1) is 11.2. The van der Waals surface area contributed by atoms with Gasteiger partial charge in [-0.3, -0.25) is 9.69 Å². The molecule has 1 aliphatic heterocycles. The number of H-pyrrole nitrogens is 1. The Morgan fingerprint density at radius 1 is 1.42 bits per heavy atom. The van der Waals surface area contributed by atoms with E-state index in [0.717, 1.165) is 25.9 Å². The number of amides is 1. The van der Waals surface area contributed by atoms with Crippen molar-refractivity contribution < 1.29 is 14.3 Å². The Morgan fingerprint density at radius 2 is 2.17 bits per heavy atom. The molecule has 2 heterocycles. The molecule has 134 valence electrons. The number of hydrogen-bond acceptors (Lipinski definition) is 4. The molecular formula is C18H29N3O3. The summed E-state index contributed by atoms with van der Waals surface area (Å²) in [6, 6.07) is 3.62. The maximum Gasteiger partial charge on any atom is 0.410 e. The first kappa shape index (κ1) is 18.5. The van der Waals surface area contributed by atoms with Crippen LogP contribution in [-0.4, -0.2) is 65.5 Å². The molecule has 2 rings (SSSR count). The molecule has 1 aliphatic rings. The van der Waals surface area contributed by atoms with Crippen LogP contribution in [0.1, 0.15) is 44.1 Å². The van der Waals surface area contributed by atoms with Gasteiger partial charge in [-0.25, -0.2) is 4.79 Å². The highest BCUT2D eigenvalue weighted by Crippen LogP contribution is 2.20. The summed E-state index contributed by atoms with van der Waals surface area (Å²) in [6.45, 7) is 8.26. The summed E-state index contributed by atoms with van der Waals surface area (Å²) in [6.07, 6.45) is 3.56. The predicted octanol–water partition coefficient (Wildman–Crippen LogP) is 2.78. The average Bonchev–Trinajstić information content (AvgIpc) is 2.99. The molecule has 0 aliphatic carbocycles. The number of carbonyl (C=O) groups is 2. The van der Waals surface area contributed by atoms with Gasteiger partial charge in [0.2, 0.25) is 0 Å². The van der Waals surface area contributed by atoms with E-state index in [4.69, 9.17) is 4.74 Å². The number of aromatic nitrogens is 1. The van der Waals surface area contributed by atoms with Crippen molar-refractivity contribution in [1.29, 1.82) is 0 Å². The second-order valence-electron chi connectivity index (χ2n) is 7.64. The minimum absolute atomic E-state index is 0.0855. The lowest BCUT2D eigenvalue weighted by Crippen LogP contribution is -2.45. The summed E-state index contributed by atoms with van der Waals surface area (Å²) in [5, 5.41) is 0. The van der Waals surface area contributed by atoms with E-state index in [1.54, 1.807) is 17.2 Å². The van der Waals surface area contributed by atoms with Crippen LogP contribution >= 0.6 is 0 Å². The summed E-state index contributed by atoms with van der Waals surface area (Å²) < 4.78 is 5.46. The molecule has 0 saturated carbocycles. The molecule has 1 aromatic rings. The zero-order valence-electron chi connectivity index (χ0n) is 15.2. The highest BCUT2D eigenvalue weighted by atomic mass is 16.6. The van der Waals surface area contributed by atoms with E-state index >= 15 is 0 Å². The Labute approximate surface area is 144 Å². The van der Waals surface area contributed by atoms with Gasteiger partial charge in [-0.2, -0.15) is 0 Å². The molecule has 1 saturated heterocycles. The van der Waals surface area contributed by atoms with Crippen molar-refractivity contribution in [1.82, 2.24) is 14.8 Å². The molecule has 0 unspecified atom stereocenters. The maximum absolute atomic E-state index is 12.2. The zero-order chi connectivity index (χ0) is 17.7. The molecule has 1 N–H and O–H groups in total. The van der Waals surface area contributed by atoms with Crippen LogP contribution in [0.2, 0.25) is 0 Å². The van der Waals surface area contributed by atoms with Crippen molar-refractivity contribution >= 4 is 11.9 Å². The van der Waals surface area contributed by atoms with Crippen LogP contribution in [0.5, 0.6) is 0 Å². The van der Waals surface area contributed by atoms with E-state index in [-0.39, 0.29) is 11.9 Å². The summed E-state index contributed by atoms with van der Waals surface area (Å²) >= 11 is 0. The molecule has 0 bridgehead atoms. The van der Waals surface area contributed by atoms with E-state index in [1.165, 1.54) is 0 Å². The van der Waals surface area contributed by atoms with Gasteiger partial charge < -0.3 is 14.6 Å². The van der Waals surface area contributed by atoms with Crippen molar-refractivity contribution in [3.05, 3.63) is 24.0 Å². The standard InChI is InChI=1S/C18H29N3O3/c1-18(2,3)24-17(23)21-10-6-7-14(12-21)11-20(4)13-16(22)15-8-5-9-19-15/h5,8-9,14,19H,6-7,10-13H2,1-4H3/t14-/m0/s1. The molecule has 1 fully saturated rings. The van der Waals surface area contributed by atoms with Crippen molar-refractivity contribution in [2.75, 3.05) is 33.2 Å². The molecule has 0 radical (unpaired) electrons. The number of ketones is 1. The van der Waals surface area contributed by atoms with Crippen LogP contribution in [0.4, 0.5) is 4.79 Å². The number of carbonyl (C=O) groups excluding carboxylic acids is 2. The summed E-state index contributed by atoms with van der Waals surface area (Å²) in [5.41, 5.74) is 0.171. The van der Waals surface area contributed by atoms with Gasteiger partial charge in [0, 0.05) is 25.8 Å². The number of nitrogens with zero attached hydrogens (tertiary/aromatic N) is 2. The topological polar surface area (TPSA) is 65.6 Å². The molecular weight excluding hydrogens is 306 g/mol. The lowest BCUT2D eigenvalue weighted by molar-refractivity contribution is 0.0149. The van der Waals surface area contributed by atoms with Crippen LogP contribution in [0.25, 0.3) is 0 Å². The van der Waals surface area contributed by atoms with Crippen LogP contribution in [0, 0.1) is 5.92 Å². The summed E-state index contributed by atoms with van der Waals surface area (Å²) in [7, 11) is 1.95. The van der Waals surface area contributed by atoms with E-state index in [2.05, 4.69) is 4.98 Å². The molecule has 6 heteroatoms. The quantitative estimate of drug-likeness (QED) is 0.840. The molecule has 0 aromatic carbocycles. The number of likely N-dealkylation sites (tertiary alicyclic amines) is 1. The Hall–Kier alpha value is -1.82. The lowest BCUT2D eigenvalue weighted by atomic mass is 9.97. The van der Waals surface area contributed by atoms with E-state index < -0.39 is 5.60 Å². The fourth-order valence-corrected chi connectivity index (χ4v) is 3.05. The number of hydrogen-bond donors (Lipinski definition) is 1. The van der Waals surface area contributed by atoms with E-state index in [0.29, 0.717) is 24.7 Å². The Kier molecular flexibility index (Phi) is 6.04. The predicted molar refractivity (Wildman–Crippen MR) is 93.2 cm³/mol. The number of nitrogens with one attached hydrogen (secondary N) is 1. The maximum atomic E-state index is 12.2. The minimum atomic E-state index is -0.469. The Bertz CT molecular complexity index is 548. The molecule has 1 aromatic heterocycles. The molecule has 1 atom stereocenters. The number of aromatic amines is 1. The third-order valence-electron chi connectivity index (χ3n) is 4.05. The number of Topliss-reactive ketones (excluding diaryl/α,β-unsaturated/α-hetero) is 1. The largest absolute Gasteiger partial charge is 0.444 e. The Morgan fingerprint density at radius 3 is 2.79 bits per heavy atom. The van der Waals surface area contributed by atoms with Gasteiger partial charge in [-0.05, 0) is 58.7 Å². The van der Waals surface area contributed by atoms with Crippen molar-refractivity contribution in [3.8, 4) is 0 Å². The fourth-order valence-electron chi connectivity index (χ4n) is 3.05. The van der Waals surface area contributed by atoms with Gasteiger partial charge in [0.25, 0.3) is 0 Å². The summed E-state index contributed by atoms with van der Waals surface area (Å²) in [4.78, 5) is 31.1. The van der Waals surface area contributed by atoms with Crippen LogP contribution in [0.15, 0.2) is 18.3 Å². The second kappa shape index (κ2) is 7.83. The van der Waals surface area contributed by atoms with Gasteiger partial charge in [0.05, 0.1) is 12.2 Å². The van der Waals surface area contributed by atoms with Crippen molar-refractivity contribution in [2.45, 2.75) is 39.2 Å². The van der Waals surface area contributed by atoms with Crippen LogP contribution in [0.3, 0.4) is 0 Å². The molecule has 6 nitrogen and oxygen atoms in total. The Balaban J connectivity index is 1.81. The molecule has 0 spiro atoms. The first-order valence-corrected chi connectivity index (χ1v) is 8.57. The number of likely N-dealkylation sites (N-methyl/N-ethyl adjacent to an activating group) is 1. The smallest absolute Gasteiger partial charge is 0.410 e. The average molecular weight is 335 g/mol. The van der Waals surface area contributed by atoms with Gasteiger partial charge in [0.15, 0.2) is 5.78 Å². The van der Waals surface area contributed by atoms with Gasteiger partial charge >= 0.3 is 6.09 Å². The number of rotatable bonds is 5.